The quantitative estimate of drug-likeness (QED) is 0.575. The van der Waals surface area contributed by atoms with E-state index in [0.717, 1.165) is 53.8 Å². The van der Waals surface area contributed by atoms with Crippen LogP contribution in [-0.4, -0.2) is 42.0 Å². The maximum atomic E-state index is 12.9. The Bertz CT molecular complexity index is 926. The number of piperidine rings is 1. The molecular formula is C27H35N3O2. The second kappa shape index (κ2) is 11.0. The summed E-state index contributed by atoms with van der Waals surface area (Å²) in [5.41, 5.74) is 4.50. The summed E-state index contributed by atoms with van der Waals surface area (Å²) < 4.78 is 5.24. The maximum absolute atomic E-state index is 12.9. The van der Waals surface area contributed by atoms with Crippen LogP contribution >= 0.6 is 0 Å². The molecule has 1 aromatic carbocycles. The van der Waals surface area contributed by atoms with Gasteiger partial charge in [-0.05, 0) is 67.5 Å². The number of rotatable bonds is 9. The van der Waals surface area contributed by atoms with Crippen LogP contribution in [0.15, 0.2) is 55.8 Å². The van der Waals surface area contributed by atoms with Gasteiger partial charge in [0.25, 0.3) is 5.91 Å². The second-order valence-electron chi connectivity index (χ2n) is 8.56. The molecule has 2 aromatic rings. The minimum Gasteiger partial charge on any atom is -0.497 e. The molecule has 0 bridgehead atoms. The van der Waals surface area contributed by atoms with Gasteiger partial charge in [0.05, 0.1) is 7.11 Å². The predicted octanol–water partition coefficient (Wildman–Crippen LogP) is 5.40. The Morgan fingerprint density at radius 1 is 1.16 bits per heavy atom. The maximum Gasteiger partial charge on any atom is 0.272 e. The third kappa shape index (κ3) is 5.78. The summed E-state index contributed by atoms with van der Waals surface area (Å²) in [5.74, 6) is 1.21. The van der Waals surface area contributed by atoms with Crippen molar-refractivity contribution >= 4 is 17.2 Å². The third-order valence-electron chi connectivity index (χ3n) is 6.21. The standard InChI is InChI=1S/C27H35N3O2/c1-6-7-19(2)29-21(4)24-10-13-26(28-18-24)27(31)30-16-14-23(15-17-30)20(3)22-8-11-25(32-5)12-9-22/h8-13,18-19,23,29H,3-4,6-7,14-17H2,1-2,5H3. The van der Waals surface area contributed by atoms with E-state index in [9.17, 15) is 4.79 Å². The van der Waals surface area contributed by atoms with Crippen molar-refractivity contribution < 1.29 is 9.53 Å². The Balaban J connectivity index is 1.54. The molecule has 1 aliphatic rings. The molecule has 1 aliphatic heterocycles. The number of likely N-dealkylation sites (tertiary alicyclic amines) is 1. The van der Waals surface area contributed by atoms with E-state index < -0.39 is 0 Å². The topological polar surface area (TPSA) is 54.5 Å². The number of aromatic nitrogens is 1. The van der Waals surface area contributed by atoms with Crippen LogP contribution in [0, 0.1) is 5.92 Å². The highest BCUT2D eigenvalue weighted by Gasteiger charge is 2.26. The van der Waals surface area contributed by atoms with Crippen molar-refractivity contribution in [3.05, 3.63) is 72.6 Å². The van der Waals surface area contributed by atoms with Gasteiger partial charge in [-0.2, -0.15) is 0 Å². The summed E-state index contributed by atoms with van der Waals surface area (Å²) in [6, 6.07) is 12.1. The third-order valence-corrected chi connectivity index (χ3v) is 6.21. The van der Waals surface area contributed by atoms with Gasteiger partial charge < -0.3 is 15.0 Å². The SMILES string of the molecule is C=C(NC(C)CCC)c1ccc(C(=O)N2CCC(C(=C)c3ccc(OC)cc3)CC2)nc1. The van der Waals surface area contributed by atoms with Crippen molar-refractivity contribution in [3.8, 4) is 5.75 Å². The molecule has 1 unspecified atom stereocenters. The van der Waals surface area contributed by atoms with E-state index in [1.807, 2.05) is 23.1 Å². The number of benzene rings is 1. The molecule has 2 heterocycles. The molecule has 1 aromatic heterocycles. The first-order valence-electron chi connectivity index (χ1n) is 11.5. The molecule has 1 saturated heterocycles. The molecule has 5 nitrogen and oxygen atoms in total. The van der Waals surface area contributed by atoms with E-state index in [0.29, 0.717) is 30.7 Å². The highest BCUT2D eigenvalue weighted by atomic mass is 16.5. The van der Waals surface area contributed by atoms with Gasteiger partial charge in [-0.3, -0.25) is 9.78 Å². The number of nitrogens with zero attached hydrogens (tertiary/aromatic N) is 2. The van der Waals surface area contributed by atoms with Gasteiger partial charge in [-0.15, -0.1) is 0 Å². The zero-order valence-corrected chi connectivity index (χ0v) is 19.6. The van der Waals surface area contributed by atoms with Gasteiger partial charge in [0.15, 0.2) is 0 Å². The van der Waals surface area contributed by atoms with Crippen LogP contribution < -0.4 is 10.1 Å². The van der Waals surface area contributed by atoms with E-state index in [-0.39, 0.29) is 5.91 Å². The number of carbonyl (C=O) groups is 1. The lowest BCUT2D eigenvalue weighted by molar-refractivity contribution is 0.0702. The van der Waals surface area contributed by atoms with Gasteiger partial charge in [-0.1, -0.05) is 38.6 Å². The van der Waals surface area contributed by atoms with E-state index >= 15 is 0 Å². The summed E-state index contributed by atoms with van der Waals surface area (Å²) >= 11 is 0. The van der Waals surface area contributed by atoms with Crippen LogP contribution in [0.5, 0.6) is 5.75 Å². The first-order chi connectivity index (χ1) is 15.4. The fourth-order valence-corrected chi connectivity index (χ4v) is 4.22. The van der Waals surface area contributed by atoms with Crippen LogP contribution in [0.1, 0.15) is 61.1 Å². The molecule has 32 heavy (non-hydrogen) atoms. The monoisotopic (exact) mass is 433 g/mol. The fraction of sp³-hybridized carbons (Fsp3) is 0.407. The zero-order valence-electron chi connectivity index (χ0n) is 19.6. The van der Waals surface area contributed by atoms with E-state index in [1.165, 1.54) is 0 Å². The average molecular weight is 434 g/mol. The molecule has 1 amide bonds. The van der Waals surface area contributed by atoms with E-state index in [4.69, 9.17) is 4.74 Å². The number of carbonyl (C=O) groups excluding carboxylic acids is 1. The molecule has 0 aliphatic carbocycles. The number of nitrogens with one attached hydrogen (secondary N) is 1. The molecular weight excluding hydrogens is 398 g/mol. The van der Waals surface area contributed by atoms with Crippen molar-refractivity contribution in [1.29, 1.82) is 0 Å². The second-order valence-corrected chi connectivity index (χ2v) is 8.56. The van der Waals surface area contributed by atoms with Crippen molar-refractivity contribution in [2.24, 2.45) is 5.92 Å². The molecule has 0 saturated carbocycles. The van der Waals surface area contributed by atoms with Crippen molar-refractivity contribution in [2.75, 3.05) is 20.2 Å². The van der Waals surface area contributed by atoms with Gasteiger partial charge in [0, 0.05) is 36.6 Å². The lowest BCUT2D eigenvalue weighted by Crippen LogP contribution is -2.39. The number of ether oxygens (including phenoxy) is 1. The fourth-order valence-electron chi connectivity index (χ4n) is 4.22. The first-order valence-corrected chi connectivity index (χ1v) is 11.5. The van der Waals surface area contributed by atoms with Crippen LogP contribution in [0.2, 0.25) is 0 Å². The van der Waals surface area contributed by atoms with Crippen LogP contribution in [0.4, 0.5) is 0 Å². The lowest BCUT2D eigenvalue weighted by atomic mass is 9.86. The van der Waals surface area contributed by atoms with Gasteiger partial charge in [0.2, 0.25) is 0 Å². The normalized spacial score (nSPS) is 15.2. The predicted molar refractivity (Wildman–Crippen MR) is 131 cm³/mol. The highest BCUT2D eigenvalue weighted by Crippen LogP contribution is 2.31. The van der Waals surface area contributed by atoms with Crippen molar-refractivity contribution in [3.63, 3.8) is 0 Å². The minimum absolute atomic E-state index is 0.0111. The van der Waals surface area contributed by atoms with Crippen LogP contribution in [-0.2, 0) is 0 Å². The Morgan fingerprint density at radius 2 is 1.81 bits per heavy atom. The van der Waals surface area contributed by atoms with Gasteiger partial charge in [0.1, 0.15) is 11.4 Å². The summed E-state index contributed by atoms with van der Waals surface area (Å²) in [4.78, 5) is 19.3. The molecule has 1 N–H and O–H groups in total. The van der Waals surface area contributed by atoms with Crippen molar-refractivity contribution in [1.82, 2.24) is 15.2 Å². The number of pyridine rings is 1. The smallest absolute Gasteiger partial charge is 0.272 e. The van der Waals surface area contributed by atoms with Crippen LogP contribution in [0.3, 0.4) is 0 Å². The Labute approximate surface area is 192 Å². The highest BCUT2D eigenvalue weighted by molar-refractivity contribution is 5.92. The van der Waals surface area contributed by atoms with Gasteiger partial charge in [-0.25, -0.2) is 0 Å². The minimum atomic E-state index is -0.0111. The first kappa shape index (κ1) is 23.6. The Hall–Kier alpha value is -3.08. The van der Waals surface area contributed by atoms with E-state index in [2.05, 4.69) is 49.4 Å². The molecule has 0 radical (unpaired) electrons. The molecule has 1 atom stereocenters. The number of amides is 1. The molecule has 3 rings (SSSR count). The number of hydrogen-bond donors (Lipinski definition) is 1. The van der Waals surface area contributed by atoms with Crippen molar-refractivity contribution in [2.45, 2.75) is 45.6 Å². The molecule has 1 fully saturated rings. The summed E-state index contributed by atoms with van der Waals surface area (Å²) in [5, 5.41) is 3.40. The van der Waals surface area contributed by atoms with E-state index in [1.54, 1.807) is 19.4 Å². The average Bonchev–Trinajstić information content (AvgIpc) is 2.83. The largest absolute Gasteiger partial charge is 0.497 e. The number of hydrogen-bond acceptors (Lipinski definition) is 4. The summed E-state index contributed by atoms with van der Waals surface area (Å²) in [7, 11) is 1.67. The van der Waals surface area contributed by atoms with Gasteiger partial charge >= 0.3 is 0 Å². The molecule has 5 heteroatoms. The number of methoxy groups -OCH3 is 1. The Morgan fingerprint density at radius 3 is 2.38 bits per heavy atom. The molecule has 0 spiro atoms. The zero-order chi connectivity index (χ0) is 23.1. The molecule has 170 valence electrons. The number of allylic oxidation sites excluding steroid dienone is 1. The van der Waals surface area contributed by atoms with Crippen LogP contribution in [0.25, 0.3) is 11.3 Å². The lowest BCUT2D eigenvalue weighted by Gasteiger charge is -2.33. The Kier molecular flexibility index (Phi) is 8.09. The summed E-state index contributed by atoms with van der Waals surface area (Å²) in [6.07, 6.45) is 5.76. The summed E-state index contributed by atoms with van der Waals surface area (Å²) in [6.45, 7) is 14.2.